The quantitative estimate of drug-likeness (QED) is 0.741. The van der Waals surface area contributed by atoms with Gasteiger partial charge in [0.15, 0.2) is 5.78 Å². The van der Waals surface area contributed by atoms with Crippen molar-refractivity contribution in [2.24, 2.45) is 0 Å². The van der Waals surface area contributed by atoms with Crippen molar-refractivity contribution < 1.29 is 4.79 Å². The van der Waals surface area contributed by atoms with Gasteiger partial charge in [-0.25, -0.2) is 0 Å². The first kappa shape index (κ1) is 12.1. The topological polar surface area (TPSA) is 77.0 Å². The van der Waals surface area contributed by atoms with E-state index in [9.17, 15) is 9.59 Å². The predicted octanol–water partition coefficient (Wildman–Crippen LogP) is 0.821. The second-order valence-corrected chi connectivity index (χ2v) is 4.46. The van der Waals surface area contributed by atoms with E-state index in [1.807, 2.05) is 19.0 Å². The van der Waals surface area contributed by atoms with Gasteiger partial charge < -0.3 is 9.88 Å². The molecule has 1 aromatic heterocycles. The molecule has 1 aliphatic rings. The van der Waals surface area contributed by atoms with E-state index in [0.717, 1.165) is 0 Å². The standard InChI is InChI=1S/C13H13N3O2/c1-16(2)7-8-3-4-11-10(12(8)17)5-9(6-14)13(18)15-11/h5,7H,3-4H2,1-2H3,(H,15,18). The van der Waals surface area contributed by atoms with Crippen LogP contribution in [0.3, 0.4) is 0 Å². The maximum absolute atomic E-state index is 12.2. The van der Waals surface area contributed by atoms with Gasteiger partial charge in [-0.3, -0.25) is 9.59 Å². The van der Waals surface area contributed by atoms with Gasteiger partial charge in [-0.15, -0.1) is 0 Å². The highest BCUT2D eigenvalue weighted by atomic mass is 16.1. The van der Waals surface area contributed by atoms with Gasteiger partial charge >= 0.3 is 0 Å². The SMILES string of the molecule is CN(C)C=C1CCc2[nH]c(=O)c(C#N)cc2C1=O. The first-order chi connectivity index (χ1) is 8.52. The Morgan fingerprint density at radius 2 is 2.11 bits per heavy atom. The number of fused-ring (bicyclic) bond motifs is 1. The number of rotatable bonds is 1. The number of nitrogens with one attached hydrogen (secondary N) is 1. The number of aryl methyl sites for hydroxylation is 1. The van der Waals surface area contributed by atoms with Crippen LogP contribution in [0.2, 0.25) is 0 Å². The number of aromatic amines is 1. The van der Waals surface area contributed by atoms with Gasteiger partial charge in [0.2, 0.25) is 0 Å². The monoisotopic (exact) mass is 243 g/mol. The average molecular weight is 243 g/mol. The molecule has 0 amide bonds. The van der Waals surface area contributed by atoms with Crippen LogP contribution in [0.5, 0.6) is 0 Å². The van der Waals surface area contributed by atoms with Crippen LogP contribution in [-0.4, -0.2) is 29.8 Å². The second-order valence-electron chi connectivity index (χ2n) is 4.46. The molecule has 1 aromatic rings. The summed E-state index contributed by atoms with van der Waals surface area (Å²) in [5, 5.41) is 8.81. The number of hydrogen-bond acceptors (Lipinski definition) is 4. The van der Waals surface area contributed by atoms with E-state index in [1.165, 1.54) is 6.07 Å². The van der Waals surface area contributed by atoms with Crippen molar-refractivity contribution in [3.05, 3.63) is 45.0 Å². The fraction of sp³-hybridized carbons (Fsp3) is 0.308. The number of nitrogens with zero attached hydrogens (tertiary/aromatic N) is 2. The van der Waals surface area contributed by atoms with Gasteiger partial charge in [0.1, 0.15) is 11.6 Å². The van der Waals surface area contributed by atoms with Crippen LogP contribution < -0.4 is 5.56 Å². The Hall–Kier alpha value is -2.35. The van der Waals surface area contributed by atoms with Crippen LogP contribution in [0.25, 0.3) is 0 Å². The molecule has 0 saturated carbocycles. The highest BCUT2D eigenvalue weighted by Gasteiger charge is 2.24. The molecule has 92 valence electrons. The number of aromatic nitrogens is 1. The zero-order valence-corrected chi connectivity index (χ0v) is 10.3. The van der Waals surface area contributed by atoms with Crippen LogP contribution in [0.4, 0.5) is 0 Å². The molecule has 0 bridgehead atoms. The summed E-state index contributed by atoms with van der Waals surface area (Å²) in [6.45, 7) is 0. The Labute approximate surface area is 104 Å². The van der Waals surface area contributed by atoms with E-state index >= 15 is 0 Å². The second kappa shape index (κ2) is 4.49. The summed E-state index contributed by atoms with van der Waals surface area (Å²) in [4.78, 5) is 28.1. The molecule has 0 fully saturated rings. The van der Waals surface area contributed by atoms with Crippen molar-refractivity contribution in [2.45, 2.75) is 12.8 Å². The number of ketones is 1. The van der Waals surface area contributed by atoms with Crippen molar-refractivity contribution >= 4 is 5.78 Å². The molecule has 1 aliphatic carbocycles. The highest BCUT2D eigenvalue weighted by Crippen LogP contribution is 2.23. The number of H-pyrrole nitrogens is 1. The van der Waals surface area contributed by atoms with E-state index < -0.39 is 5.56 Å². The Morgan fingerprint density at radius 3 is 2.72 bits per heavy atom. The summed E-state index contributed by atoms with van der Waals surface area (Å²) in [6.07, 6.45) is 3.00. The van der Waals surface area contributed by atoms with Crippen LogP contribution >= 0.6 is 0 Å². The van der Waals surface area contributed by atoms with Gasteiger partial charge in [0.05, 0.1) is 0 Å². The van der Waals surface area contributed by atoms with Crippen LogP contribution in [0.1, 0.15) is 28.0 Å². The lowest BCUT2D eigenvalue weighted by Gasteiger charge is -2.18. The molecule has 5 heteroatoms. The van der Waals surface area contributed by atoms with Crippen LogP contribution in [-0.2, 0) is 6.42 Å². The van der Waals surface area contributed by atoms with E-state index in [2.05, 4.69) is 4.98 Å². The van der Waals surface area contributed by atoms with E-state index in [0.29, 0.717) is 29.7 Å². The van der Waals surface area contributed by atoms with Gasteiger partial charge in [0, 0.05) is 37.1 Å². The molecular weight excluding hydrogens is 230 g/mol. The van der Waals surface area contributed by atoms with Gasteiger partial charge in [-0.05, 0) is 18.9 Å². The molecule has 0 saturated heterocycles. The lowest BCUT2D eigenvalue weighted by molar-refractivity contribution is 0.102. The summed E-state index contributed by atoms with van der Waals surface area (Å²) in [5.74, 6) is -0.113. The zero-order valence-electron chi connectivity index (χ0n) is 10.3. The number of allylic oxidation sites excluding steroid dienone is 1. The fourth-order valence-corrected chi connectivity index (χ4v) is 2.03. The van der Waals surface area contributed by atoms with Gasteiger partial charge in [-0.2, -0.15) is 5.26 Å². The third-order valence-corrected chi connectivity index (χ3v) is 2.84. The number of hydrogen-bond donors (Lipinski definition) is 1. The molecular formula is C13H13N3O2. The summed E-state index contributed by atoms with van der Waals surface area (Å²) < 4.78 is 0. The van der Waals surface area contributed by atoms with Crippen LogP contribution in [0.15, 0.2) is 22.6 Å². The van der Waals surface area contributed by atoms with Gasteiger partial charge in [0.25, 0.3) is 5.56 Å². The fourth-order valence-electron chi connectivity index (χ4n) is 2.03. The maximum atomic E-state index is 12.2. The molecule has 0 spiro atoms. The van der Waals surface area contributed by atoms with E-state index in [1.54, 1.807) is 12.3 Å². The lowest BCUT2D eigenvalue weighted by atomic mass is 9.90. The summed E-state index contributed by atoms with van der Waals surface area (Å²) in [7, 11) is 3.70. The van der Waals surface area contributed by atoms with Crippen molar-refractivity contribution in [1.82, 2.24) is 9.88 Å². The Bertz CT molecular complexity index is 633. The van der Waals surface area contributed by atoms with Crippen molar-refractivity contribution in [1.29, 1.82) is 5.26 Å². The highest BCUT2D eigenvalue weighted by molar-refractivity contribution is 6.10. The number of carbonyl (C=O) groups is 1. The molecule has 0 atom stereocenters. The molecule has 1 N–H and O–H groups in total. The summed E-state index contributed by atoms with van der Waals surface area (Å²) >= 11 is 0. The minimum absolute atomic E-state index is 0.0202. The molecule has 2 rings (SSSR count). The number of Topliss-reactive ketones (excluding diaryl/α,β-unsaturated/α-hetero) is 1. The third-order valence-electron chi connectivity index (χ3n) is 2.84. The zero-order chi connectivity index (χ0) is 13.3. The largest absolute Gasteiger partial charge is 0.383 e. The van der Waals surface area contributed by atoms with E-state index in [-0.39, 0.29) is 11.3 Å². The molecule has 0 unspecified atom stereocenters. The first-order valence-corrected chi connectivity index (χ1v) is 5.61. The Kier molecular flexibility index (Phi) is 3.02. The number of pyridine rings is 1. The normalized spacial score (nSPS) is 16.3. The average Bonchev–Trinajstić information content (AvgIpc) is 2.32. The smallest absolute Gasteiger partial charge is 0.266 e. The molecule has 0 radical (unpaired) electrons. The van der Waals surface area contributed by atoms with Crippen LogP contribution in [0, 0.1) is 11.3 Å². The number of nitriles is 1. The minimum Gasteiger partial charge on any atom is -0.383 e. The first-order valence-electron chi connectivity index (χ1n) is 5.61. The Balaban J connectivity index is 2.54. The summed E-state index contributed by atoms with van der Waals surface area (Å²) in [5.41, 5.74) is 1.31. The van der Waals surface area contributed by atoms with E-state index in [4.69, 9.17) is 5.26 Å². The van der Waals surface area contributed by atoms with Crippen molar-refractivity contribution in [3.8, 4) is 6.07 Å². The summed E-state index contributed by atoms with van der Waals surface area (Å²) in [6, 6.07) is 3.18. The molecule has 1 heterocycles. The molecule has 5 nitrogen and oxygen atoms in total. The molecule has 0 aliphatic heterocycles. The predicted molar refractivity (Wildman–Crippen MR) is 66.2 cm³/mol. The van der Waals surface area contributed by atoms with Crippen molar-refractivity contribution in [2.75, 3.05) is 14.1 Å². The van der Waals surface area contributed by atoms with Gasteiger partial charge in [-0.1, -0.05) is 0 Å². The lowest BCUT2D eigenvalue weighted by Crippen LogP contribution is -2.23. The number of carbonyl (C=O) groups excluding carboxylic acids is 1. The maximum Gasteiger partial charge on any atom is 0.266 e. The molecule has 0 aromatic carbocycles. The third kappa shape index (κ3) is 2.05. The van der Waals surface area contributed by atoms with Crippen molar-refractivity contribution in [3.63, 3.8) is 0 Å². The minimum atomic E-state index is -0.427. The molecule has 18 heavy (non-hydrogen) atoms. The Morgan fingerprint density at radius 1 is 1.39 bits per heavy atom.